The molecule has 1 aromatic carbocycles. The van der Waals surface area contributed by atoms with E-state index in [9.17, 15) is 4.79 Å². The average molecular weight is 334 g/mol. The van der Waals surface area contributed by atoms with Gasteiger partial charge in [-0.15, -0.1) is 0 Å². The topological polar surface area (TPSA) is 80.0 Å². The Balaban J connectivity index is 2.44. The lowest BCUT2D eigenvalue weighted by Crippen LogP contribution is -2.37. The van der Waals surface area contributed by atoms with Crippen LogP contribution < -0.4 is 11.1 Å². The third-order valence-corrected chi connectivity index (χ3v) is 3.19. The highest BCUT2D eigenvalue weighted by Crippen LogP contribution is 2.11. The van der Waals surface area contributed by atoms with Crippen LogP contribution in [-0.4, -0.2) is 42.7 Å². The smallest absolute Gasteiger partial charge is 0.410 e. The number of rotatable bonds is 5. The van der Waals surface area contributed by atoms with E-state index in [0.29, 0.717) is 19.0 Å². The molecule has 1 atom stereocenters. The second-order valence-electron chi connectivity index (χ2n) is 7.18. The maximum Gasteiger partial charge on any atom is 0.410 e. The van der Waals surface area contributed by atoms with E-state index in [-0.39, 0.29) is 12.0 Å². The molecule has 6 nitrogen and oxygen atoms in total. The van der Waals surface area contributed by atoms with Crippen molar-refractivity contribution in [2.45, 2.75) is 40.2 Å². The number of aliphatic imine (C=N–C) groups is 1. The van der Waals surface area contributed by atoms with Crippen LogP contribution in [0.4, 0.5) is 10.5 Å². The maximum absolute atomic E-state index is 11.9. The Kier molecular flexibility index (Phi) is 7.07. The van der Waals surface area contributed by atoms with Gasteiger partial charge in [0.2, 0.25) is 0 Å². The first kappa shape index (κ1) is 19.8. The molecule has 1 amide bonds. The molecule has 0 aliphatic carbocycles. The number of hydrogen-bond acceptors (Lipinski definition) is 3. The molecule has 0 bridgehead atoms. The van der Waals surface area contributed by atoms with Crippen molar-refractivity contribution in [3.8, 4) is 0 Å². The van der Waals surface area contributed by atoms with Gasteiger partial charge in [-0.2, -0.15) is 0 Å². The third-order valence-electron chi connectivity index (χ3n) is 3.19. The van der Waals surface area contributed by atoms with Crippen LogP contribution >= 0.6 is 0 Å². The number of nitrogens with one attached hydrogen (secondary N) is 1. The van der Waals surface area contributed by atoms with Crippen LogP contribution in [0.25, 0.3) is 0 Å². The van der Waals surface area contributed by atoms with E-state index in [1.165, 1.54) is 5.56 Å². The minimum absolute atomic E-state index is 0.167. The fourth-order valence-corrected chi connectivity index (χ4v) is 2.02. The lowest BCUT2D eigenvalue weighted by molar-refractivity contribution is 0.0279. The quantitative estimate of drug-likeness (QED) is 0.640. The van der Waals surface area contributed by atoms with Crippen molar-refractivity contribution in [3.05, 3.63) is 29.8 Å². The van der Waals surface area contributed by atoms with Gasteiger partial charge < -0.3 is 20.7 Å². The molecule has 0 saturated heterocycles. The summed E-state index contributed by atoms with van der Waals surface area (Å²) in [5.74, 6) is 0.534. The first-order valence-electron chi connectivity index (χ1n) is 8.14. The van der Waals surface area contributed by atoms with Crippen LogP contribution in [0.3, 0.4) is 0 Å². The SMILES string of the molecule is Cc1ccc(NC(N)=NCC(C)CN(C)C(=O)OC(C)(C)C)cc1. The van der Waals surface area contributed by atoms with Crippen LogP contribution in [0.1, 0.15) is 33.3 Å². The van der Waals surface area contributed by atoms with Crippen molar-refractivity contribution in [1.82, 2.24) is 4.90 Å². The zero-order valence-corrected chi connectivity index (χ0v) is 15.6. The van der Waals surface area contributed by atoms with Gasteiger partial charge in [0.25, 0.3) is 0 Å². The van der Waals surface area contributed by atoms with Crippen LogP contribution in [0, 0.1) is 12.8 Å². The Morgan fingerprint density at radius 1 is 1.33 bits per heavy atom. The molecule has 0 aliphatic rings. The molecule has 134 valence electrons. The van der Waals surface area contributed by atoms with Crippen molar-refractivity contribution in [3.63, 3.8) is 0 Å². The standard InChI is InChI=1S/C18H30N4O2/c1-13-7-9-15(10-8-13)21-16(19)20-11-14(2)12-22(6)17(23)24-18(3,4)5/h7-10,14H,11-12H2,1-6H3,(H3,19,20,21). The fourth-order valence-electron chi connectivity index (χ4n) is 2.02. The molecule has 0 aromatic heterocycles. The van der Waals surface area contributed by atoms with E-state index in [4.69, 9.17) is 10.5 Å². The number of carbonyl (C=O) groups excluding carboxylic acids is 1. The normalized spacial score (nSPS) is 13.3. The predicted octanol–water partition coefficient (Wildman–Crippen LogP) is 3.22. The lowest BCUT2D eigenvalue weighted by atomic mass is 10.2. The number of amides is 1. The molecule has 3 N–H and O–H groups in total. The maximum atomic E-state index is 11.9. The Hall–Kier alpha value is -2.24. The number of anilines is 1. The minimum Gasteiger partial charge on any atom is -0.444 e. The summed E-state index contributed by atoms with van der Waals surface area (Å²) in [6, 6.07) is 7.93. The van der Waals surface area contributed by atoms with Gasteiger partial charge in [0.15, 0.2) is 5.96 Å². The highest BCUT2D eigenvalue weighted by molar-refractivity contribution is 5.92. The van der Waals surface area contributed by atoms with Crippen molar-refractivity contribution in [2.24, 2.45) is 16.6 Å². The molecule has 0 saturated carbocycles. The van der Waals surface area contributed by atoms with Gasteiger partial charge in [0.1, 0.15) is 5.60 Å². The number of guanidine groups is 1. The lowest BCUT2D eigenvalue weighted by Gasteiger charge is -2.26. The van der Waals surface area contributed by atoms with E-state index >= 15 is 0 Å². The summed E-state index contributed by atoms with van der Waals surface area (Å²) in [7, 11) is 1.72. The molecular weight excluding hydrogens is 304 g/mol. The van der Waals surface area contributed by atoms with E-state index in [0.717, 1.165) is 5.69 Å². The summed E-state index contributed by atoms with van der Waals surface area (Å²) in [4.78, 5) is 17.8. The van der Waals surface area contributed by atoms with E-state index in [2.05, 4.69) is 10.3 Å². The van der Waals surface area contributed by atoms with E-state index in [1.807, 2.05) is 58.9 Å². The Morgan fingerprint density at radius 3 is 2.46 bits per heavy atom. The second kappa shape index (κ2) is 8.57. The predicted molar refractivity (Wildman–Crippen MR) is 99.3 cm³/mol. The molecular formula is C18H30N4O2. The van der Waals surface area contributed by atoms with Crippen molar-refractivity contribution < 1.29 is 9.53 Å². The monoisotopic (exact) mass is 334 g/mol. The first-order chi connectivity index (χ1) is 11.1. The summed E-state index contributed by atoms with van der Waals surface area (Å²) >= 11 is 0. The van der Waals surface area contributed by atoms with Gasteiger partial charge in [-0.25, -0.2) is 4.79 Å². The largest absolute Gasteiger partial charge is 0.444 e. The van der Waals surface area contributed by atoms with Gasteiger partial charge in [0.05, 0.1) is 0 Å². The number of carbonyl (C=O) groups is 1. The van der Waals surface area contributed by atoms with E-state index in [1.54, 1.807) is 11.9 Å². The molecule has 6 heteroatoms. The van der Waals surface area contributed by atoms with Gasteiger partial charge in [-0.05, 0) is 45.7 Å². The number of nitrogens with two attached hydrogens (primary N) is 1. The third kappa shape index (κ3) is 7.85. The van der Waals surface area contributed by atoms with Crippen LogP contribution in [0.15, 0.2) is 29.3 Å². The second-order valence-corrected chi connectivity index (χ2v) is 7.18. The number of hydrogen-bond donors (Lipinski definition) is 2. The van der Waals surface area contributed by atoms with Gasteiger partial charge >= 0.3 is 6.09 Å². The molecule has 0 radical (unpaired) electrons. The highest BCUT2D eigenvalue weighted by atomic mass is 16.6. The van der Waals surface area contributed by atoms with Crippen LogP contribution in [-0.2, 0) is 4.74 Å². The van der Waals surface area contributed by atoms with Crippen molar-refractivity contribution >= 4 is 17.7 Å². The number of aryl methyl sites for hydroxylation is 1. The fraction of sp³-hybridized carbons (Fsp3) is 0.556. The Bertz CT molecular complexity index is 561. The molecule has 0 fully saturated rings. The molecule has 1 rings (SSSR count). The summed E-state index contributed by atoms with van der Waals surface area (Å²) in [5, 5.41) is 3.05. The molecule has 0 aliphatic heterocycles. The summed E-state index contributed by atoms with van der Waals surface area (Å²) in [6.07, 6.45) is -0.330. The van der Waals surface area contributed by atoms with Gasteiger partial charge in [-0.3, -0.25) is 4.99 Å². The number of benzene rings is 1. The summed E-state index contributed by atoms with van der Waals surface area (Å²) in [5.41, 5.74) is 7.50. The van der Waals surface area contributed by atoms with Crippen molar-refractivity contribution in [1.29, 1.82) is 0 Å². The minimum atomic E-state index is -0.491. The van der Waals surface area contributed by atoms with Crippen molar-refractivity contribution in [2.75, 3.05) is 25.5 Å². The Morgan fingerprint density at radius 2 is 1.92 bits per heavy atom. The molecule has 0 spiro atoms. The average Bonchev–Trinajstić information content (AvgIpc) is 2.46. The number of nitrogens with zero attached hydrogens (tertiary/aromatic N) is 2. The number of ether oxygens (including phenoxy) is 1. The zero-order valence-electron chi connectivity index (χ0n) is 15.6. The van der Waals surface area contributed by atoms with Gasteiger partial charge in [-0.1, -0.05) is 24.6 Å². The Labute approximate surface area is 145 Å². The molecule has 0 heterocycles. The highest BCUT2D eigenvalue weighted by Gasteiger charge is 2.20. The first-order valence-corrected chi connectivity index (χ1v) is 8.14. The molecule has 1 unspecified atom stereocenters. The molecule has 24 heavy (non-hydrogen) atoms. The van der Waals surface area contributed by atoms with E-state index < -0.39 is 5.60 Å². The van der Waals surface area contributed by atoms with Crippen LogP contribution in [0.2, 0.25) is 0 Å². The zero-order chi connectivity index (χ0) is 18.3. The summed E-state index contributed by atoms with van der Waals surface area (Å²) < 4.78 is 5.33. The van der Waals surface area contributed by atoms with Crippen LogP contribution in [0.5, 0.6) is 0 Å². The molecule has 1 aromatic rings. The van der Waals surface area contributed by atoms with Gasteiger partial charge in [0, 0.05) is 25.8 Å². The summed E-state index contributed by atoms with van der Waals surface area (Å²) in [6.45, 7) is 10.7.